The Morgan fingerprint density at radius 3 is 2.63 bits per heavy atom. The van der Waals surface area contributed by atoms with Gasteiger partial charge < -0.3 is 10.2 Å². The number of nitrogens with zero attached hydrogens (tertiary/aromatic N) is 2. The highest BCUT2D eigenvalue weighted by molar-refractivity contribution is 7.08. The Balaban J connectivity index is 1.73. The first-order valence-corrected chi connectivity index (χ1v) is 7.39. The first kappa shape index (κ1) is 14.0. The van der Waals surface area contributed by atoms with Gasteiger partial charge in [-0.3, -0.25) is 14.5 Å². The summed E-state index contributed by atoms with van der Waals surface area (Å²) < 4.78 is 0. The summed E-state index contributed by atoms with van der Waals surface area (Å²) in [5.74, 6) is 0.133. The Morgan fingerprint density at radius 1 is 1.32 bits per heavy atom. The second-order valence-electron chi connectivity index (χ2n) is 4.63. The van der Waals surface area contributed by atoms with Gasteiger partial charge in [-0.2, -0.15) is 11.3 Å². The zero-order valence-corrected chi connectivity index (χ0v) is 11.9. The maximum atomic E-state index is 12.1. The highest BCUT2D eigenvalue weighted by Gasteiger charge is 2.21. The predicted molar refractivity (Wildman–Crippen MR) is 75.3 cm³/mol. The fourth-order valence-corrected chi connectivity index (χ4v) is 2.76. The van der Waals surface area contributed by atoms with Crippen molar-refractivity contribution in [2.24, 2.45) is 0 Å². The Morgan fingerprint density at radius 2 is 2.05 bits per heavy atom. The molecule has 5 nitrogen and oxygen atoms in total. The van der Waals surface area contributed by atoms with Crippen LogP contribution in [0.25, 0.3) is 0 Å². The molecule has 2 heterocycles. The molecule has 2 rings (SSSR count). The minimum absolute atomic E-state index is 0.00581. The van der Waals surface area contributed by atoms with Crippen LogP contribution in [0.5, 0.6) is 0 Å². The fourth-order valence-electron chi connectivity index (χ4n) is 2.13. The second-order valence-corrected chi connectivity index (χ2v) is 5.41. The van der Waals surface area contributed by atoms with Crippen LogP contribution in [0.2, 0.25) is 0 Å². The quantitative estimate of drug-likeness (QED) is 0.881. The number of piperazine rings is 1. The van der Waals surface area contributed by atoms with Crippen LogP contribution in [0, 0.1) is 0 Å². The van der Waals surface area contributed by atoms with E-state index >= 15 is 0 Å². The van der Waals surface area contributed by atoms with E-state index in [2.05, 4.69) is 10.2 Å². The molecule has 1 fully saturated rings. The molecule has 1 N–H and O–H groups in total. The van der Waals surface area contributed by atoms with E-state index in [1.54, 1.807) is 11.3 Å². The van der Waals surface area contributed by atoms with Crippen molar-refractivity contribution in [2.45, 2.75) is 6.92 Å². The van der Waals surface area contributed by atoms with Crippen molar-refractivity contribution >= 4 is 23.2 Å². The zero-order valence-electron chi connectivity index (χ0n) is 11.1. The van der Waals surface area contributed by atoms with Crippen LogP contribution in [0.15, 0.2) is 16.8 Å². The van der Waals surface area contributed by atoms with Crippen LogP contribution < -0.4 is 5.32 Å². The number of carbonyl (C=O) groups is 2. The summed E-state index contributed by atoms with van der Waals surface area (Å²) in [6.07, 6.45) is 0. The van der Waals surface area contributed by atoms with E-state index in [-0.39, 0.29) is 11.8 Å². The number of nitrogens with one attached hydrogen (secondary N) is 1. The van der Waals surface area contributed by atoms with Crippen molar-refractivity contribution in [3.8, 4) is 0 Å². The molecule has 104 valence electrons. The molecule has 0 radical (unpaired) electrons. The van der Waals surface area contributed by atoms with Crippen molar-refractivity contribution in [1.29, 1.82) is 0 Å². The summed E-state index contributed by atoms with van der Waals surface area (Å²) in [6.45, 7) is 6.31. The van der Waals surface area contributed by atoms with Crippen molar-refractivity contribution in [3.63, 3.8) is 0 Å². The summed E-state index contributed by atoms with van der Waals surface area (Å²) >= 11 is 1.55. The van der Waals surface area contributed by atoms with E-state index in [1.807, 2.05) is 21.7 Å². The number of hydrogen-bond acceptors (Lipinski definition) is 4. The number of carbonyl (C=O) groups excluding carboxylic acids is 2. The molecule has 1 aromatic rings. The minimum atomic E-state index is 0.00581. The van der Waals surface area contributed by atoms with Gasteiger partial charge >= 0.3 is 0 Å². The minimum Gasteiger partial charge on any atom is -0.355 e. The molecule has 19 heavy (non-hydrogen) atoms. The molecule has 1 aliphatic rings. The van der Waals surface area contributed by atoms with Gasteiger partial charge in [0.2, 0.25) is 5.91 Å². The number of thiophene rings is 1. The van der Waals surface area contributed by atoms with Crippen molar-refractivity contribution in [3.05, 3.63) is 22.4 Å². The lowest BCUT2D eigenvalue weighted by molar-refractivity contribution is -0.119. The molecule has 0 aromatic carbocycles. The normalized spacial score (nSPS) is 16.4. The molecular weight excluding hydrogens is 262 g/mol. The fraction of sp³-hybridized carbons (Fsp3) is 0.538. The van der Waals surface area contributed by atoms with Gasteiger partial charge in [-0.15, -0.1) is 0 Å². The van der Waals surface area contributed by atoms with Gasteiger partial charge in [0.25, 0.3) is 5.91 Å². The third-order valence-electron chi connectivity index (χ3n) is 3.23. The number of hydrogen-bond donors (Lipinski definition) is 1. The van der Waals surface area contributed by atoms with E-state index in [4.69, 9.17) is 0 Å². The molecule has 6 heteroatoms. The van der Waals surface area contributed by atoms with Crippen molar-refractivity contribution in [1.82, 2.24) is 15.1 Å². The highest BCUT2D eigenvalue weighted by Crippen LogP contribution is 2.11. The summed E-state index contributed by atoms with van der Waals surface area (Å²) in [4.78, 5) is 27.1. The van der Waals surface area contributed by atoms with Crippen LogP contribution in [-0.4, -0.2) is 60.9 Å². The molecule has 0 bridgehead atoms. The van der Waals surface area contributed by atoms with Gasteiger partial charge in [0.05, 0.1) is 5.56 Å². The summed E-state index contributed by atoms with van der Waals surface area (Å²) in [5, 5.41) is 6.61. The van der Waals surface area contributed by atoms with Gasteiger partial charge in [-0.1, -0.05) is 0 Å². The van der Waals surface area contributed by atoms with E-state index in [0.717, 1.165) is 38.3 Å². The van der Waals surface area contributed by atoms with Crippen LogP contribution >= 0.6 is 11.3 Å². The van der Waals surface area contributed by atoms with Crippen LogP contribution in [0.1, 0.15) is 17.3 Å². The van der Waals surface area contributed by atoms with Crippen LogP contribution in [0.3, 0.4) is 0 Å². The van der Waals surface area contributed by atoms with E-state index in [9.17, 15) is 9.59 Å². The Hall–Kier alpha value is -1.40. The summed E-state index contributed by atoms with van der Waals surface area (Å²) in [5.41, 5.74) is 0.789. The smallest absolute Gasteiger partial charge is 0.254 e. The highest BCUT2D eigenvalue weighted by atomic mass is 32.1. The van der Waals surface area contributed by atoms with Crippen molar-refractivity contribution < 1.29 is 9.59 Å². The SMILES string of the molecule is CC(=O)NCCN1CCN(C(=O)c2ccsc2)CC1. The summed E-state index contributed by atoms with van der Waals surface area (Å²) in [6, 6.07) is 1.87. The predicted octanol–water partition coefficient (Wildman–Crippen LogP) is 0.642. The van der Waals surface area contributed by atoms with Gasteiger partial charge in [-0.05, 0) is 11.4 Å². The van der Waals surface area contributed by atoms with E-state index in [0.29, 0.717) is 6.54 Å². The maximum absolute atomic E-state index is 12.1. The standard InChI is InChI=1S/C13H19N3O2S/c1-11(17)14-3-4-15-5-7-16(8-6-15)13(18)12-2-9-19-10-12/h2,9-10H,3-8H2,1H3,(H,14,17). The first-order chi connectivity index (χ1) is 9.16. The lowest BCUT2D eigenvalue weighted by atomic mass is 10.2. The zero-order chi connectivity index (χ0) is 13.7. The van der Waals surface area contributed by atoms with Crippen LogP contribution in [0.4, 0.5) is 0 Å². The topological polar surface area (TPSA) is 52.7 Å². The molecule has 0 saturated carbocycles. The third kappa shape index (κ3) is 4.04. The van der Waals surface area contributed by atoms with Gasteiger partial charge in [-0.25, -0.2) is 0 Å². The molecule has 1 saturated heterocycles. The molecule has 1 aromatic heterocycles. The van der Waals surface area contributed by atoms with Gasteiger partial charge in [0, 0.05) is 51.6 Å². The first-order valence-electron chi connectivity index (χ1n) is 6.45. The lowest BCUT2D eigenvalue weighted by Gasteiger charge is -2.34. The summed E-state index contributed by atoms with van der Waals surface area (Å²) in [7, 11) is 0. The van der Waals surface area contributed by atoms with Gasteiger partial charge in [0.1, 0.15) is 0 Å². The number of rotatable bonds is 4. The average molecular weight is 281 g/mol. The van der Waals surface area contributed by atoms with Crippen LogP contribution in [-0.2, 0) is 4.79 Å². The molecule has 1 aliphatic heterocycles. The third-order valence-corrected chi connectivity index (χ3v) is 3.91. The van der Waals surface area contributed by atoms with Gasteiger partial charge in [0.15, 0.2) is 0 Å². The number of amides is 2. The Labute approximate surface area is 117 Å². The Bertz CT molecular complexity index is 425. The maximum Gasteiger partial charge on any atom is 0.254 e. The average Bonchev–Trinajstić information content (AvgIpc) is 2.92. The molecule has 0 atom stereocenters. The molecule has 0 aliphatic carbocycles. The lowest BCUT2D eigenvalue weighted by Crippen LogP contribution is -2.50. The largest absolute Gasteiger partial charge is 0.355 e. The second kappa shape index (κ2) is 6.68. The van der Waals surface area contributed by atoms with E-state index in [1.165, 1.54) is 6.92 Å². The molecular formula is C13H19N3O2S. The molecule has 2 amide bonds. The molecule has 0 spiro atoms. The van der Waals surface area contributed by atoms with Crippen molar-refractivity contribution in [2.75, 3.05) is 39.3 Å². The molecule has 0 unspecified atom stereocenters. The monoisotopic (exact) mass is 281 g/mol. The van der Waals surface area contributed by atoms with E-state index < -0.39 is 0 Å². The Kier molecular flexibility index (Phi) is 4.93.